The highest BCUT2D eigenvalue weighted by Gasteiger charge is 2.17. The number of fused-ring (bicyclic) bond motifs is 1. The van der Waals surface area contributed by atoms with Gasteiger partial charge >= 0.3 is 5.97 Å². The first-order valence-corrected chi connectivity index (χ1v) is 9.01. The van der Waals surface area contributed by atoms with Crippen LogP contribution in [-0.2, 0) is 11.3 Å². The molecule has 0 radical (unpaired) electrons. The molecule has 3 aromatic rings. The normalized spacial score (nSPS) is 10.7. The third-order valence-corrected chi connectivity index (χ3v) is 4.59. The molecule has 2 N–H and O–H groups in total. The minimum atomic E-state index is -1.08. The van der Waals surface area contributed by atoms with Gasteiger partial charge in [0.05, 0.1) is 29.4 Å². The summed E-state index contributed by atoms with van der Waals surface area (Å²) >= 11 is 12.4. The first kappa shape index (κ1) is 19.9. The van der Waals surface area contributed by atoms with Crippen molar-refractivity contribution in [3.05, 3.63) is 63.9 Å². The summed E-state index contributed by atoms with van der Waals surface area (Å²) in [5.74, 6) is -1.34. The van der Waals surface area contributed by atoms with Gasteiger partial charge < -0.3 is 15.3 Å². The SMILES string of the molecule is CN(CC(=O)NCc1cccnn1)c1cc(C(=O)O)cc2cc(Cl)cc(Cl)c12. The van der Waals surface area contributed by atoms with E-state index in [4.69, 9.17) is 23.2 Å². The number of carbonyl (C=O) groups excluding carboxylic acids is 1. The van der Waals surface area contributed by atoms with Gasteiger partial charge in [0.25, 0.3) is 0 Å². The number of carboxylic acid groups (broad SMARTS) is 1. The number of halogens is 2. The lowest BCUT2D eigenvalue weighted by atomic mass is 10.0. The van der Waals surface area contributed by atoms with Crippen molar-refractivity contribution < 1.29 is 14.7 Å². The average Bonchev–Trinajstić information content (AvgIpc) is 2.65. The number of nitrogens with zero attached hydrogens (tertiary/aromatic N) is 3. The molecule has 0 bridgehead atoms. The van der Waals surface area contributed by atoms with Crippen LogP contribution in [0, 0.1) is 0 Å². The van der Waals surface area contributed by atoms with E-state index in [9.17, 15) is 14.7 Å². The number of nitrogens with one attached hydrogen (secondary N) is 1. The van der Waals surface area contributed by atoms with Crippen molar-refractivity contribution in [2.75, 3.05) is 18.5 Å². The molecule has 0 aliphatic rings. The number of hydrogen-bond acceptors (Lipinski definition) is 5. The first-order valence-electron chi connectivity index (χ1n) is 8.25. The van der Waals surface area contributed by atoms with Gasteiger partial charge in [0.2, 0.25) is 5.91 Å². The van der Waals surface area contributed by atoms with E-state index in [1.807, 2.05) is 0 Å². The molecule has 7 nitrogen and oxygen atoms in total. The zero-order chi connectivity index (χ0) is 20.3. The van der Waals surface area contributed by atoms with E-state index >= 15 is 0 Å². The number of aromatic nitrogens is 2. The van der Waals surface area contributed by atoms with E-state index in [1.165, 1.54) is 12.1 Å². The Bertz CT molecular complexity index is 1040. The molecule has 1 aromatic heterocycles. The molecule has 0 fully saturated rings. The second kappa shape index (κ2) is 8.41. The number of likely N-dealkylation sites (N-methyl/N-ethyl adjacent to an activating group) is 1. The summed E-state index contributed by atoms with van der Waals surface area (Å²) in [6.07, 6.45) is 1.55. The minimum absolute atomic E-state index is 0.00259. The number of aromatic carboxylic acids is 1. The van der Waals surface area contributed by atoms with E-state index in [0.717, 1.165) is 0 Å². The fraction of sp³-hybridized carbons (Fsp3) is 0.158. The standard InChI is InChI=1S/C19H16Cl2N4O3/c1-25(10-17(26)22-9-14-3-2-4-23-24-14)16-7-12(19(27)28)5-11-6-13(20)8-15(21)18(11)16/h2-8H,9-10H2,1H3,(H,22,26)(H,27,28). The van der Waals surface area contributed by atoms with Gasteiger partial charge in [-0.25, -0.2) is 4.79 Å². The number of hydrogen-bond donors (Lipinski definition) is 2. The average molecular weight is 419 g/mol. The summed E-state index contributed by atoms with van der Waals surface area (Å²) < 4.78 is 0. The van der Waals surface area contributed by atoms with Crippen LogP contribution in [0.5, 0.6) is 0 Å². The van der Waals surface area contributed by atoms with Crippen molar-refractivity contribution in [2.24, 2.45) is 0 Å². The lowest BCUT2D eigenvalue weighted by Crippen LogP contribution is -2.35. The van der Waals surface area contributed by atoms with Crippen molar-refractivity contribution in [1.29, 1.82) is 0 Å². The number of anilines is 1. The van der Waals surface area contributed by atoms with E-state index in [0.29, 0.717) is 32.2 Å². The van der Waals surface area contributed by atoms with Gasteiger partial charge in [0.15, 0.2) is 0 Å². The van der Waals surface area contributed by atoms with E-state index in [2.05, 4.69) is 15.5 Å². The van der Waals surface area contributed by atoms with Crippen molar-refractivity contribution >= 4 is 51.5 Å². The van der Waals surface area contributed by atoms with Crippen molar-refractivity contribution in [1.82, 2.24) is 15.5 Å². The predicted octanol–water partition coefficient (Wildman–Crippen LogP) is 3.39. The Labute approximate surface area is 170 Å². The van der Waals surface area contributed by atoms with Crippen LogP contribution in [0.3, 0.4) is 0 Å². The fourth-order valence-electron chi connectivity index (χ4n) is 2.80. The van der Waals surface area contributed by atoms with Crippen LogP contribution in [0.2, 0.25) is 10.0 Å². The molecule has 1 heterocycles. The number of amides is 1. The lowest BCUT2D eigenvalue weighted by Gasteiger charge is -2.22. The zero-order valence-corrected chi connectivity index (χ0v) is 16.3. The van der Waals surface area contributed by atoms with Gasteiger partial charge in [0.1, 0.15) is 0 Å². The summed E-state index contributed by atoms with van der Waals surface area (Å²) in [5.41, 5.74) is 1.23. The maximum absolute atomic E-state index is 12.3. The number of benzene rings is 2. The van der Waals surface area contributed by atoms with E-state index < -0.39 is 5.97 Å². The van der Waals surface area contributed by atoms with Gasteiger partial charge in [-0.15, -0.1) is 0 Å². The highest BCUT2D eigenvalue weighted by atomic mass is 35.5. The topological polar surface area (TPSA) is 95.4 Å². The van der Waals surface area contributed by atoms with Crippen LogP contribution >= 0.6 is 23.2 Å². The van der Waals surface area contributed by atoms with Gasteiger partial charge in [0, 0.05) is 29.3 Å². The molecule has 0 aliphatic carbocycles. The van der Waals surface area contributed by atoms with Crippen LogP contribution in [0.15, 0.2) is 42.6 Å². The Balaban J connectivity index is 1.86. The van der Waals surface area contributed by atoms with Crippen LogP contribution in [0.1, 0.15) is 16.1 Å². The molecule has 1 amide bonds. The maximum Gasteiger partial charge on any atom is 0.335 e. The first-order chi connectivity index (χ1) is 13.3. The Morgan fingerprint density at radius 2 is 2.00 bits per heavy atom. The van der Waals surface area contributed by atoms with Gasteiger partial charge in [-0.1, -0.05) is 23.2 Å². The second-order valence-corrected chi connectivity index (χ2v) is 6.98. The van der Waals surface area contributed by atoms with Crippen LogP contribution in [0.4, 0.5) is 5.69 Å². The predicted molar refractivity (Wildman–Crippen MR) is 108 cm³/mol. The fourth-order valence-corrected chi connectivity index (χ4v) is 3.41. The Kier molecular flexibility index (Phi) is 5.96. The summed E-state index contributed by atoms with van der Waals surface area (Å²) in [7, 11) is 1.69. The van der Waals surface area contributed by atoms with Gasteiger partial charge in [-0.2, -0.15) is 10.2 Å². The summed E-state index contributed by atoms with van der Waals surface area (Å²) in [6.45, 7) is 0.240. The molecule has 0 atom stereocenters. The van der Waals surface area contributed by atoms with Crippen molar-refractivity contribution in [2.45, 2.75) is 6.54 Å². The summed E-state index contributed by atoms with van der Waals surface area (Å²) in [6, 6.07) is 9.70. The van der Waals surface area contributed by atoms with Crippen molar-refractivity contribution in [3.8, 4) is 0 Å². The molecular weight excluding hydrogens is 403 g/mol. The van der Waals surface area contributed by atoms with Crippen molar-refractivity contribution in [3.63, 3.8) is 0 Å². The van der Waals surface area contributed by atoms with E-state index in [-0.39, 0.29) is 24.6 Å². The number of rotatable bonds is 6. The quantitative estimate of drug-likeness (QED) is 0.636. The number of carbonyl (C=O) groups is 2. The molecule has 0 saturated carbocycles. The lowest BCUT2D eigenvalue weighted by molar-refractivity contribution is -0.119. The molecular formula is C19H16Cl2N4O3. The Hall–Kier alpha value is -2.90. The Morgan fingerprint density at radius 1 is 1.21 bits per heavy atom. The van der Waals surface area contributed by atoms with Crippen LogP contribution in [-0.4, -0.2) is 40.8 Å². The zero-order valence-electron chi connectivity index (χ0n) is 14.8. The molecule has 0 unspecified atom stereocenters. The van der Waals surface area contributed by atoms with Gasteiger partial charge in [-0.05, 0) is 41.8 Å². The highest BCUT2D eigenvalue weighted by molar-refractivity contribution is 6.39. The van der Waals surface area contributed by atoms with Crippen LogP contribution in [0.25, 0.3) is 10.8 Å². The maximum atomic E-state index is 12.3. The Morgan fingerprint density at radius 3 is 2.68 bits per heavy atom. The summed E-state index contributed by atoms with van der Waals surface area (Å²) in [5, 5.41) is 21.8. The number of carboxylic acids is 1. The molecule has 28 heavy (non-hydrogen) atoms. The minimum Gasteiger partial charge on any atom is -0.478 e. The van der Waals surface area contributed by atoms with Gasteiger partial charge in [-0.3, -0.25) is 4.79 Å². The molecule has 0 saturated heterocycles. The third kappa shape index (κ3) is 4.49. The molecule has 2 aromatic carbocycles. The molecule has 3 rings (SSSR count). The summed E-state index contributed by atoms with van der Waals surface area (Å²) in [4.78, 5) is 25.5. The van der Waals surface area contributed by atoms with Crippen LogP contribution < -0.4 is 10.2 Å². The third-order valence-electron chi connectivity index (χ3n) is 4.08. The monoisotopic (exact) mass is 418 g/mol. The van der Waals surface area contributed by atoms with E-state index in [1.54, 1.807) is 42.4 Å². The second-order valence-electron chi connectivity index (χ2n) is 6.13. The smallest absolute Gasteiger partial charge is 0.335 e. The molecule has 0 aliphatic heterocycles. The largest absolute Gasteiger partial charge is 0.478 e. The molecule has 9 heteroatoms. The highest BCUT2D eigenvalue weighted by Crippen LogP contribution is 2.36. The molecule has 0 spiro atoms. The molecule has 144 valence electrons.